The molecule has 11 heteroatoms. The van der Waals surface area contributed by atoms with Crippen molar-refractivity contribution in [2.24, 2.45) is 0 Å². The number of nitrogens with one attached hydrogen (secondary N) is 2. The summed E-state index contributed by atoms with van der Waals surface area (Å²) in [6, 6.07) is 5.70. The van der Waals surface area contributed by atoms with Gasteiger partial charge >= 0.3 is 0 Å². The van der Waals surface area contributed by atoms with Crippen molar-refractivity contribution in [2.45, 2.75) is 57.5 Å². The van der Waals surface area contributed by atoms with Gasteiger partial charge in [-0.1, -0.05) is 17.7 Å². The molecule has 0 unspecified atom stereocenters. The Morgan fingerprint density at radius 1 is 1.16 bits per heavy atom. The number of methoxy groups -OCH3 is 2. The molecule has 5 rings (SSSR count). The standard InChI is InChI=1S/C26H32ClN7O3/c1-36-19-6-4-18(5-7-19)31-25(35)20-15-30-26(34-12-11-33-10-9-28-23(33)16-34)32-24(20)29-14-17-3-8-22(37-2)21(27)13-17/h3,8-10,13,15,18-19H,4-7,11-12,14,16H2,1-2H3,(H,31,35)(H,29,30,32)/t18-,19-. The monoisotopic (exact) mass is 525 g/mol. The highest BCUT2D eigenvalue weighted by Crippen LogP contribution is 2.27. The highest BCUT2D eigenvalue weighted by Gasteiger charge is 2.25. The van der Waals surface area contributed by atoms with Crippen molar-refractivity contribution < 1.29 is 14.3 Å². The SMILES string of the molecule is COc1ccc(CNc2nc(N3CCn4ccnc4C3)ncc2C(=O)N[C@H]2CC[C@H](OC)CC2)cc1Cl. The highest BCUT2D eigenvalue weighted by atomic mass is 35.5. The molecule has 0 saturated heterocycles. The van der Waals surface area contributed by atoms with Crippen LogP contribution in [0.25, 0.3) is 0 Å². The van der Waals surface area contributed by atoms with Crippen molar-refractivity contribution >= 4 is 29.3 Å². The number of nitrogens with zero attached hydrogens (tertiary/aromatic N) is 5. The Kier molecular flexibility index (Phi) is 7.76. The van der Waals surface area contributed by atoms with Crippen molar-refractivity contribution in [3.05, 3.63) is 58.8 Å². The van der Waals surface area contributed by atoms with Crippen molar-refractivity contribution in [1.82, 2.24) is 24.8 Å². The van der Waals surface area contributed by atoms with Crippen LogP contribution in [-0.2, 0) is 24.4 Å². The molecule has 1 amide bonds. The van der Waals surface area contributed by atoms with E-state index in [9.17, 15) is 4.79 Å². The number of fused-ring (bicyclic) bond motifs is 1. The number of hydrogen-bond acceptors (Lipinski definition) is 8. The molecule has 3 heterocycles. The van der Waals surface area contributed by atoms with E-state index in [0.29, 0.717) is 41.2 Å². The zero-order valence-electron chi connectivity index (χ0n) is 21.1. The number of halogens is 1. The lowest BCUT2D eigenvalue weighted by Gasteiger charge is -2.29. The van der Waals surface area contributed by atoms with E-state index in [-0.39, 0.29) is 18.1 Å². The van der Waals surface area contributed by atoms with Gasteiger partial charge in [0.25, 0.3) is 5.91 Å². The molecule has 1 aromatic carbocycles. The number of amides is 1. The molecule has 2 N–H and O–H groups in total. The van der Waals surface area contributed by atoms with Crippen LogP contribution in [0.5, 0.6) is 5.75 Å². The second kappa shape index (κ2) is 11.4. The van der Waals surface area contributed by atoms with Gasteiger partial charge in [-0.05, 0) is 43.4 Å². The summed E-state index contributed by atoms with van der Waals surface area (Å²) in [6.45, 7) is 2.60. The summed E-state index contributed by atoms with van der Waals surface area (Å²) in [5.74, 6) is 2.43. The molecule has 0 atom stereocenters. The van der Waals surface area contributed by atoms with E-state index in [2.05, 4.69) is 30.1 Å². The van der Waals surface area contributed by atoms with Crippen LogP contribution in [0.1, 0.15) is 47.4 Å². The van der Waals surface area contributed by atoms with Crippen molar-refractivity contribution in [3.8, 4) is 5.75 Å². The van der Waals surface area contributed by atoms with Gasteiger partial charge in [0.2, 0.25) is 5.95 Å². The maximum absolute atomic E-state index is 13.3. The van der Waals surface area contributed by atoms with Crippen LogP contribution < -0.4 is 20.3 Å². The molecule has 1 fully saturated rings. The van der Waals surface area contributed by atoms with E-state index in [4.69, 9.17) is 26.1 Å². The first kappa shape index (κ1) is 25.3. The molecule has 1 aliphatic heterocycles. The van der Waals surface area contributed by atoms with Gasteiger partial charge in [0.1, 0.15) is 23.0 Å². The highest BCUT2D eigenvalue weighted by molar-refractivity contribution is 6.32. The summed E-state index contributed by atoms with van der Waals surface area (Å²) < 4.78 is 12.8. The largest absolute Gasteiger partial charge is 0.495 e. The lowest BCUT2D eigenvalue weighted by atomic mass is 9.93. The van der Waals surface area contributed by atoms with Crippen LogP contribution in [0, 0.1) is 0 Å². The van der Waals surface area contributed by atoms with Gasteiger partial charge in [0, 0.05) is 51.4 Å². The smallest absolute Gasteiger partial charge is 0.256 e. The number of ether oxygens (including phenoxy) is 2. The topological polar surface area (TPSA) is 106 Å². The van der Waals surface area contributed by atoms with Crippen LogP contribution in [0.4, 0.5) is 11.8 Å². The Bertz CT molecular complexity index is 1240. The predicted molar refractivity (Wildman–Crippen MR) is 141 cm³/mol. The molecule has 2 aromatic heterocycles. The van der Waals surface area contributed by atoms with E-state index >= 15 is 0 Å². The predicted octanol–water partition coefficient (Wildman–Crippen LogP) is 3.65. The van der Waals surface area contributed by atoms with Gasteiger partial charge < -0.3 is 29.6 Å². The summed E-state index contributed by atoms with van der Waals surface area (Å²) in [7, 11) is 3.33. The van der Waals surface area contributed by atoms with Crippen molar-refractivity contribution in [2.75, 3.05) is 31.0 Å². The number of aromatic nitrogens is 4. The first-order valence-electron chi connectivity index (χ1n) is 12.6. The molecule has 37 heavy (non-hydrogen) atoms. The molecule has 3 aromatic rings. The molecular weight excluding hydrogens is 494 g/mol. The fourth-order valence-corrected chi connectivity index (χ4v) is 5.16. The van der Waals surface area contributed by atoms with Crippen molar-refractivity contribution in [3.63, 3.8) is 0 Å². The van der Waals surface area contributed by atoms with Gasteiger partial charge in [-0.25, -0.2) is 9.97 Å². The van der Waals surface area contributed by atoms with Gasteiger partial charge in [0.15, 0.2) is 0 Å². The van der Waals surface area contributed by atoms with Crippen LogP contribution in [-0.4, -0.2) is 58.3 Å². The van der Waals surface area contributed by atoms with Gasteiger partial charge in [-0.3, -0.25) is 4.79 Å². The third-order valence-electron chi connectivity index (χ3n) is 7.07. The molecular formula is C26H32ClN7O3. The number of rotatable bonds is 8. The van der Waals surface area contributed by atoms with Crippen LogP contribution in [0.2, 0.25) is 5.02 Å². The number of imidazole rings is 1. The van der Waals surface area contributed by atoms with Crippen molar-refractivity contribution in [1.29, 1.82) is 0 Å². The number of benzene rings is 1. The van der Waals surface area contributed by atoms with E-state index in [0.717, 1.165) is 50.2 Å². The number of anilines is 2. The second-order valence-electron chi connectivity index (χ2n) is 9.40. The Hall–Kier alpha value is -3.37. The van der Waals surface area contributed by atoms with Gasteiger partial charge in [0.05, 0.1) is 24.8 Å². The molecule has 196 valence electrons. The average Bonchev–Trinajstić information content (AvgIpc) is 3.40. The minimum absolute atomic E-state index is 0.104. The average molecular weight is 526 g/mol. The Morgan fingerprint density at radius 2 is 2.00 bits per heavy atom. The first-order valence-corrected chi connectivity index (χ1v) is 12.9. The van der Waals surface area contributed by atoms with E-state index in [1.165, 1.54) is 0 Å². The molecule has 0 bridgehead atoms. The number of carbonyl (C=O) groups excluding carboxylic acids is 1. The maximum Gasteiger partial charge on any atom is 0.256 e. The third kappa shape index (κ3) is 5.80. The number of hydrogen-bond donors (Lipinski definition) is 2. The normalized spacial score (nSPS) is 19.3. The summed E-state index contributed by atoms with van der Waals surface area (Å²) >= 11 is 6.31. The molecule has 2 aliphatic rings. The van der Waals surface area contributed by atoms with Gasteiger partial charge in [-0.15, -0.1) is 0 Å². The molecule has 10 nitrogen and oxygen atoms in total. The lowest BCUT2D eigenvalue weighted by Crippen LogP contribution is -2.39. The summed E-state index contributed by atoms with van der Waals surface area (Å²) in [5, 5.41) is 7.04. The first-order chi connectivity index (χ1) is 18.0. The molecule has 1 aliphatic carbocycles. The van der Waals surface area contributed by atoms with E-state index < -0.39 is 0 Å². The van der Waals surface area contributed by atoms with Crippen LogP contribution >= 0.6 is 11.6 Å². The Morgan fingerprint density at radius 3 is 2.76 bits per heavy atom. The summed E-state index contributed by atoms with van der Waals surface area (Å²) in [4.78, 5) is 29.2. The van der Waals surface area contributed by atoms with E-state index in [1.54, 1.807) is 26.6 Å². The molecule has 1 saturated carbocycles. The lowest BCUT2D eigenvalue weighted by molar-refractivity contribution is 0.0599. The quantitative estimate of drug-likeness (QED) is 0.459. The summed E-state index contributed by atoms with van der Waals surface area (Å²) in [5.41, 5.74) is 1.35. The Balaban J connectivity index is 1.35. The maximum atomic E-state index is 13.3. The zero-order valence-corrected chi connectivity index (χ0v) is 21.9. The van der Waals surface area contributed by atoms with E-state index in [1.807, 2.05) is 24.4 Å². The van der Waals surface area contributed by atoms with Crippen LogP contribution in [0.15, 0.2) is 36.8 Å². The molecule has 0 radical (unpaired) electrons. The summed E-state index contributed by atoms with van der Waals surface area (Å²) in [6.07, 6.45) is 9.31. The van der Waals surface area contributed by atoms with Gasteiger partial charge in [-0.2, -0.15) is 4.98 Å². The van der Waals surface area contributed by atoms with Crippen LogP contribution in [0.3, 0.4) is 0 Å². The minimum atomic E-state index is -0.183. The number of carbonyl (C=O) groups is 1. The second-order valence-corrected chi connectivity index (χ2v) is 9.80. The fourth-order valence-electron chi connectivity index (χ4n) is 4.88. The minimum Gasteiger partial charge on any atom is -0.495 e. The fraction of sp³-hybridized carbons (Fsp3) is 0.462. The molecule has 0 spiro atoms. The zero-order chi connectivity index (χ0) is 25.8. The Labute approximate surface area is 221 Å². The third-order valence-corrected chi connectivity index (χ3v) is 7.36.